The number of anilines is 1. The number of sulfonamides is 1. The van der Waals surface area contributed by atoms with Gasteiger partial charge in [0.05, 0.1) is 9.82 Å². The van der Waals surface area contributed by atoms with Crippen LogP contribution in [0.15, 0.2) is 21.5 Å². The number of hydrogen-bond donors (Lipinski definition) is 2. The van der Waals surface area contributed by atoms with E-state index in [0.717, 1.165) is 31.7 Å². The van der Waals surface area contributed by atoms with Gasteiger partial charge in [-0.15, -0.1) is 0 Å². The van der Waals surface area contributed by atoms with Crippen molar-refractivity contribution >= 4 is 37.3 Å². The van der Waals surface area contributed by atoms with Crippen LogP contribution in [0.4, 0.5) is 11.4 Å². The second kappa shape index (κ2) is 6.29. The summed E-state index contributed by atoms with van der Waals surface area (Å²) in [4.78, 5) is 10.3. The maximum absolute atomic E-state index is 11.4. The van der Waals surface area contributed by atoms with Gasteiger partial charge < -0.3 is 5.32 Å². The van der Waals surface area contributed by atoms with Gasteiger partial charge in [-0.05, 0) is 34.8 Å². The van der Waals surface area contributed by atoms with E-state index in [1.54, 1.807) is 0 Å². The van der Waals surface area contributed by atoms with Crippen LogP contribution in [0.3, 0.4) is 0 Å². The van der Waals surface area contributed by atoms with Crippen LogP contribution in [-0.2, 0) is 10.0 Å². The number of nitrogens with two attached hydrogens (primary N) is 1. The number of nitrogens with zero attached hydrogens (tertiary/aromatic N) is 1. The molecule has 1 aliphatic carbocycles. The van der Waals surface area contributed by atoms with Crippen molar-refractivity contribution in [2.75, 3.05) is 5.32 Å². The maximum atomic E-state index is 11.4. The molecule has 2 rings (SSSR count). The summed E-state index contributed by atoms with van der Waals surface area (Å²) in [5.74, 6) is 0. The fourth-order valence-corrected chi connectivity index (χ4v) is 3.74. The molecule has 0 saturated heterocycles. The Balaban J connectivity index is 2.42. The predicted molar refractivity (Wildman–Crippen MR) is 82.7 cm³/mol. The zero-order valence-electron chi connectivity index (χ0n) is 11.2. The number of rotatable bonds is 4. The molecule has 0 unspecified atom stereocenters. The summed E-state index contributed by atoms with van der Waals surface area (Å²) in [6.45, 7) is 0. The van der Waals surface area contributed by atoms with Crippen molar-refractivity contribution in [2.45, 2.75) is 43.0 Å². The van der Waals surface area contributed by atoms with Gasteiger partial charge in [0, 0.05) is 16.6 Å². The van der Waals surface area contributed by atoms with Gasteiger partial charge in [-0.1, -0.05) is 19.3 Å². The van der Waals surface area contributed by atoms with Crippen molar-refractivity contribution in [2.24, 2.45) is 5.14 Å². The Morgan fingerprint density at radius 1 is 1.29 bits per heavy atom. The van der Waals surface area contributed by atoms with E-state index >= 15 is 0 Å². The molecule has 21 heavy (non-hydrogen) atoms. The molecule has 0 atom stereocenters. The second-order valence-electron chi connectivity index (χ2n) is 5.08. The molecule has 0 radical (unpaired) electrons. The van der Waals surface area contributed by atoms with Crippen molar-refractivity contribution in [1.29, 1.82) is 0 Å². The highest BCUT2D eigenvalue weighted by atomic mass is 79.9. The highest BCUT2D eigenvalue weighted by molar-refractivity contribution is 9.10. The molecule has 1 aromatic carbocycles. The monoisotopic (exact) mass is 377 g/mol. The average Bonchev–Trinajstić information content (AvgIpc) is 2.40. The predicted octanol–water partition coefficient (Wildman–Crippen LogP) is 2.75. The molecule has 0 amide bonds. The van der Waals surface area contributed by atoms with Gasteiger partial charge >= 0.3 is 0 Å². The van der Waals surface area contributed by atoms with Gasteiger partial charge in [-0.3, -0.25) is 10.1 Å². The van der Waals surface area contributed by atoms with Crippen molar-refractivity contribution in [3.63, 3.8) is 0 Å². The first-order chi connectivity index (χ1) is 9.79. The fraction of sp³-hybridized carbons (Fsp3) is 0.500. The Bertz CT molecular complexity index is 657. The second-order valence-corrected chi connectivity index (χ2v) is 7.50. The molecule has 7 nitrogen and oxygen atoms in total. The number of benzene rings is 1. The van der Waals surface area contributed by atoms with Crippen LogP contribution in [0, 0.1) is 10.1 Å². The van der Waals surface area contributed by atoms with E-state index in [2.05, 4.69) is 21.2 Å². The van der Waals surface area contributed by atoms with E-state index in [1.165, 1.54) is 12.5 Å². The Morgan fingerprint density at radius 2 is 1.90 bits per heavy atom. The van der Waals surface area contributed by atoms with Gasteiger partial charge in [0.15, 0.2) is 0 Å². The van der Waals surface area contributed by atoms with E-state index in [4.69, 9.17) is 5.14 Å². The Labute approximate surface area is 131 Å². The molecule has 9 heteroatoms. The van der Waals surface area contributed by atoms with Crippen LogP contribution < -0.4 is 10.5 Å². The number of halogens is 1. The van der Waals surface area contributed by atoms with Gasteiger partial charge in [-0.25, -0.2) is 13.6 Å². The standard InChI is InChI=1S/C12H16BrN3O4S/c13-10-6-9(21(14,19)20)7-11(16(17)18)12(10)15-8-4-2-1-3-5-8/h6-8,15H,1-5H2,(H2,14,19,20). The molecule has 1 saturated carbocycles. The van der Waals surface area contributed by atoms with Crippen molar-refractivity contribution in [3.05, 3.63) is 26.7 Å². The summed E-state index contributed by atoms with van der Waals surface area (Å²) >= 11 is 3.20. The largest absolute Gasteiger partial charge is 0.376 e. The lowest BCUT2D eigenvalue weighted by Crippen LogP contribution is -2.23. The van der Waals surface area contributed by atoms with Gasteiger partial charge in [0.25, 0.3) is 5.69 Å². The maximum Gasteiger partial charge on any atom is 0.294 e. The molecule has 0 aliphatic heterocycles. The number of nitrogens with one attached hydrogen (secondary N) is 1. The number of hydrogen-bond acceptors (Lipinski definition) is 5. The topological polar surface area (TPSA) is 115 Å². The Kier molecular flexibility index (Phi) is 4.84. The van der Waals surface area contributed by atoms with E-state index < -0.39 is 14.9 Å². The highest BCUT2D eigenvalue weighted by Crippen LogP contribution is 2.37. The third-order valence-electron chi connectivity index (χ3n) is 3.52. The van der Waals surface area contributed by atoms with Gasteiger partial charge in [0.2, 0.25) is 10.0 Å². The molecule has 0 bridgehead atoms. The molecule has 1 fully saturated rings. The van der Waals surface area contributed by atoms with Gasteiger partial charge in [-0.2, -0.15) is 0 Å². The minimum atomic E-state index is -3.99. The lowest BCUT2D eigenvalue weighted by atomic mass is 9.95. The quantitative estimate of drug-likeness (QED) is 0.617. The van der Waals surface area contributed by atoms with Crippen LogP contribution in [0.5, 0.6) is 0 Å². The highest BCUT2D eigenvalue weighted by Gasteiger charge is 2.25. The first-order valence-electron chi connectivity index (χ1n) is 6.56. The van der Waals surface area contributed by atoms with Crippen LogP contribution in [0.1, 0.15) is 32.1 Å². The molecule has 3 N–H and O–H groups in total. The smallest absolute Gasteiger partial charge is 0.294 e. The van der Waals surface area contributed by atoms with Crippen LogP contribution in [0.25, 0.3) is 0 Å². The molecule has 116 valence electrons. The summed E-state index contributed by atoms with van der Waals surface area (Å²) in [5.41, 5.74) is 0.0123. The number of nitro benzene ring substituents is 1. The Hall–Kier alpha value is -1.19. The fourth-order valence-electron chi connectivity index (χ4n) is 2.47. The zero-order valence-corrected chi connectivity index (χ0v) is 13.6. The van der Waals surface area contributed by atoms with Gasteiger partial charge in [0.1, 0.15) is 5.69 Å². The van der Waals surface area contributed by atoms with Crippen LogP contribution in [0.2, 0.25) is 0 Å². The van der Waals surface area contributed by atoms with E-state index in [1.807, 2.05) is 0 Å². The van der Waals surface area contributed by atoms with Crippen molar-refractivity contribution in [3.8, 4) is 0 Å². The molecular weight excluding hydrogens is 362 g/mol. The molecule has 1 aromatic rings. The minimum absolute atomic E-state index is 0.161. The molecule has 1 aliphatic rings. The van der Waals surface area contributed by atoms with Crippen LogP contribution >= 0.6 is 15.9 Å². The van der Waals surface area contributed by atoms with E-state index in [-0.39, 0.29) is 16.6 Å². The summed E-state index contributed by atoms with van der Waals surface area (Å²) in [5, 5.41) is 19.4. The van der Waals surface area contributed by atoms with Crippen molar-refractivity contribution < 1.29 is 13.3 Å². The molecule has 0 aromatic heterocycles. The number of primary sulfonamides is 1. The normalized spacial score (nSPS) is 16.7. The summed E-state index contributed by atoms with van der Waals surface area (Å²) in [7, 11) is -3.99. The first-order valence-corrected chi connectivity index (χ1v) is 8.90. The molecular formula is C12H16BrN3O4S. The third-order valence-corrected chi connectivity index (χ3v) is 5.04. The SMILES string of the molecule is NS(=O)(=O)c1cc(Br)c(NC2CCCCC2)c([N+](=O)[O-])c1. The average molecular weight is 378 g/mol. The zero-order chi connectivity index (χ0) is 15.6. The van der Waals surface area contributed by atoms with E-state index in [9.17, 15) is 18.5 Å². The molecule has 0 heterocycles. The summed E-state index contributed by atoms with van der Waals surface area (Å²) in [6, 6.07) is 2.44. The Morgan fingerprint density at radius 3 is 2.43 bits per heavy atom. The minimum Gasteiger partial charge on any atom is -0.376 e. The van der Waals surface area contributed by atoms with Crippen LogP contribution in [-0.4, -0.2) is 19.4 Å². The third kappa shape index (κ3) is 3.92. The van der Waals surface area contributed by atoms with Crippen molar-refractivity contribution in [1.82, 2.24) is 0 Å². The lowest BCUT2D eigenvalue weighted by molar-refractivity contribution is -0.384. The molecule has 0 spiro atoms. The summed E-state index contributed by atoms with van der Waals surface area (Å²) < 4.78 is 23.1. The lowest BCUT2D eigenvalue weighted by Gasteiger charge is -2.24. The number of nitro groups is 1. The first kappa shape index (κ1) is 16.2. The van der Waals surface area contributed by atoms with E-state index in [0.29, 0.717) is 10.2 Å². The summed E-state index contributed by atoms with van der Waals surface area (Å²) in [6.07, 6.45) is 5.23.